The van der Waals surface area contributed by atoms with Gasteiger partial charge < -0.3 is 15.2 Å². The number of aromatic nitrogens is 1. The fourth-order valence-electron chi connectivity index (χ4n) is 1.67. The molecule has 108 valence electrons. The number of aromatic carboxylic acids is 1. The molecule has 0 unspecified atom stereocenters. The van der Waals surface area contributed by atoms with Crippen LogP contribution in [0.5, 0.6) is 5.75 Å². The van der Waals surface area contributed by atoms with Gasteiger partial charge in [-0.2, -0.15) is 0 Å². The minimum absolute atomic E-state index is 0.0455. The third-order valence-electron chi connectivity index (χ3n) is 2.69. The van der Waals surface area contributed by atoms with Crippen molar-refractivity contribution in [3.63, 3.8) is 0 Å². The number of carbonyl (C=O) groups is 2. The molecule has 0 spiro atoms. The lowest BCUT2D eigenvalue weighted by molar-refractivity contribution is 0.0697. The quantitative estimate of drug-likeness (QED) is 0.827. The van der Waals surface area contributed by atoms with Gasteiger partial charge in [0.2, 0.25) is 0 Å². The van der Waals surface area contributed by atoms with Crippen molar-refractivity contribution in [1.82, 2.24) is 4.98 Å². The topological polar surface area (TPSA) is 88.5 Å². The van der Waals surface area contributed by atoms with E-state index >= 15 is 0 Å². The first-order chi connectivity index (χ1) is 10.0. The second-order valence-corrected chi connectivity index (χ2v) is 4.85. The number of hydrogen-bond acceptors (Lipinski definition) is 4. The molecule has 1 heterocycles. The van der Waals surface area contributed by atoms with Gasteiger partial charge in [-0.3, -0.25) is 4.79 Å². The van der Waals surface area contributed by atoms with Crippen molar-refractivity contribution in [2.45, 2.75) is 0 Å². The van der Waals surface area contributed by atoms with Crippen molar-refractivity contribution < 1.29 is 19.4 Å². The van der Waals surface area contributed by atoms with Gasteiger partial charge in [-0.25, -0.2) is 9.78 Å². The molecule has 0 saturated heterocycles. The second kappa shape index (κ2) is 6.36. The number of halogens is 1. The van der Waals surface area contributed by atoms with Crippen LogP contribution in [-0.2, 0) is 0 Å². The first kappa shape index (κ1) is 15.0. The highest BCUT2D eigenvalue weighted by Crippen LogP contribution is 2.23. The van der Waals surface area contributed by atoms with Crippen molar-refractivity contribution >= 4 is 33.5 Å². The molecular formula is C14H11BrN2O4. The molecule has 1 aromatic heterocycles. The second-order valence-electron chi connectivity index (χ2n) is 4.04. The van der Waals surface area contributed by atoms with E-state index in [4.69, 9.17) is 4.74 Å². The van der Waals surface area contributed by atoms with Crippen molar-refractivity contribution in [1.29, 1.82) is 0 Å². The van der Waals surface area contributed by atoms with E-state index in [1.54, 1.807) is 12.1 Å². The van der Waals surface area contributed by atoms with Crippen LogP contribution in [0.2, 0.25) is 0 Å². The Morgan fingerprint density at radius 2 is 2.05 bits per heavy atom. The van der Waals surface area contributed by atoms with Gasteiger partial charge in [0.15, 0.2) is 0 Å². The number of methoxy groups -OCH3 is 1. The molecule has 0 radical (unpaired) electrons. The van der Waals surface area contributed by atoms with E-state index in [1.807, 2.05) is 0 Å². The molecule has 2 aromatic rings. The number of amides is 1. The van der Waals surface area contributed by atoms with Gasteiger partial charge in [0, 0.05) is 11.8 Å². The van der Waals surface area contributed by atoms with E-state index in [2.05, 4.69) is 26.2 Å². The van der Waals surface area contributed by atoms with Crippen LogP contribution >= 0.6 is 15.9 Å². The molecule has 6 nitrogen and oxygen atoms in total. The molecule has 0 aliphatic heterocycles. The maximum atomic E-state index is 12.1. The van der Waals surface area contributed by atoms with E-state index in [9.17, 15) is 14.7 Å². The zero-order valence-electron chi connectivity index (χ0n) is 11.0. The van der Waals surface area contributed by atoms with Crippen LogP contribution < -0.4 is 10.1 Å². The van der Waals surface area contributed by atoms with E-state index < -0.39 is 11.9 Å². The fourth-order valence-corrected chi connectivity index (χ4v) is 2.04. The summed E-state index contributed by atoms with van der Waals surface area (Å²) >= 11 is 3.17. The van der Waals surface area contributed by atoms with Crippen molar-refractivity contribution in [2.24, 2.45) is 0 Å². The minimum atomic E-state index is -1.15. The van der Waals surface area contributed by atoms with Crippen molar-refractivity contribution in [3.8, 4) is 5.75 Å². The Morgan fingerprint density at radius 1 is 1.29 bits per heavy atom. The Morgan fingerprint density at radius 3 is 2.67 bits per heavy atom. The molecule has 7 heteroatoms. The largest absolute Gasteiger partial charge is 0.497 e. The number of nitrogens with zero attached hydrogens (tertiary/aromatic N) is 1. The third kappa shape index (κ3) is 3.57. The Balaban J connectivity index is 2.31. The molecule has 0 aliphatic carbocycles. The summed E-state index contributed by atoms with van der Waals surface area (Å²) < 4.78 is 5.49. The number of hydrogen-bond donors (Lipinski definition) is 2. The SMILES string of the molecule is COc1ccc(NC(=O)c2ccnc(Br)c2)c(C(=O)O)c1. The van der Waals surface area contributed by atoms with Gasteiger partial charge in [-0.15, -0.1) is 0 Å². The average Bonchev–Trinajstić information content (AvgIpc) is 2.47. The van der Waals surface area contributed by atoms with Crippen molar-refractivity contribution in [2.75, 3.05) is 12.4 Å². The van der Waals surface area contributed by atoms with Crippen LogP contribution in [0.3, 0.4) is 0 Å². The average molecular weight is 351 g/mol. The number of nitrogens with one attached hydrogen (secondary N) is 1. The lowest BCUT2D eigenvalue weighted by Gasteiger charge is -2.10. The molecule has 21 heavy (non-hydrogen) atoms. The molecular weight excluding hydrogens is 340 g/mol. The normalized spacial score (nSPS) is 10.0. The number of carboxylic acids is 1. The van der Waals surface area contributed by atoms with Gasteiger partial charge in [-0.1, -0.05) is 0 Å². The highest BCUT2D eigenvalue weighted by Gasteiger charge is 2.15. The molecule has 0 aliphatic rings. The summed E-state index contributed by atoms with van der Waals surface area (Å²) in [5.74, 6) is -1.18. The Bertz CT molecular complexity index is 703. The number of benzene rings is 1. The molecule has 0 fully saturated rings. The third-order valence-corrected chi connectivity index (χ3v) is 3.13. The van der Waals surface area contributed by atoms with Crippen LogP contribution in [0.25, 0.3) is 0 Å². The molecule has 1 amide bonds. The monoisotopic (exact) mass is 350 g/mol. The minimum Gasteiger partial charge on any atom is -0.497 e. The number of carbonyl (C=O) groups excluding carboxylic acids is 1. The summed E-state index contributed by atoms with van der Waals surface area (Å²) in [4.78, 5) is 27.3. The number of pyridine rings is 1. The highest BCUT2D eigenvalue weighted by molar-refractivity contribution is 9.10. The molecule has 2 N–H and O–H groups in total. The van der Waals surface area contributed by atoms with Gasteiger partial charge in [-0.05, 0) is 46.3 Å². The number of rotatable bonds is 4. The maximum absolute atomic E-state index is 12.1. The fraction of sp³-hybridized carbons (Fsp3) is 0.0714. The van der Waals surface area contributed by atoms with Crippen LogP contribution in [0.4, 0.5) is 5.69 Å². The summed E-state index contributed by atoms with van der Waals surface area (Å²) in [7, 11) is 1.44. The van der Waals surface area contributed by atoms with Gasteiger partial charge in [0.05, 0.1) is 18.4 Å². The van der Waals surface area contributed by atoms with Gasteiger partial charge >= 0.3 is 5.97 Å². The Hall–Kier alpha value is -2.41. The highest BCUT2D eigenvalue weighted by atomic mass is 79.9. The molecule has 0 saturated carbocycles. The maximum Gasteiger partial charge on any atom is 0.337 e. The van der Waals surface area contributed by atoms with Crippen LogP contribution in [0.1, 0.15) is 20.7 Å². The summed E-state index contributed by atoms with van der Waals surface area (Å²) in [5.41, 5.74) is 0.515. The summed E-state index contributed by atoms with van der Waals surface area (Å²) in [6.07, 6.45) is 1.48. The van der Waals surface area contributed by atoms with Crippen LogP contribution in [-0.4, -0.2) is 29.1 Å². The Labute approximate surface area is 128 Å². The summed E-state index contributed by atoms with van der Waals surface area (Å²) in [6, 6.07) is 7.48. The Kier molecular flexibility index (Phi) is 4.54. The van der Waals surface area contributed by atoms with Crippen LogP contribution in [0.15, 0.2) is 41.1 Å². The molecule has 1 aromatic carbocycles. The predicted molar refractivity (Wildman–Crippen MR) is 79.8 cm³/mol. The van der Waals surface area contributed by atoms with E-state index in [0.717, 1.165) is 0 Å². The lowest BCUT2D eigenvalue weighted by Crippen LogP contribution is -2.15. The molecule has 0 atom stereocenters. The van der Waals surface area contributed by atoms with E-state index in [0.29, 0.717) is 15.9 Å². The smallest absolute Gasteiger partial charge is 0.337 e. The first-order valence-electron chi connectivity index (χ1n) is 5.85. The first-order valence-corrected chi connectivity index (χ1v) is 6.65. The van der Waals surface area contributed by atoms with E-state index in [-0.39, 0.29) is 11.3 Å². The van der Waals surface area contributed by atoms with Crippen molar-refractivity contribution in [3.05, 3.63) is 52.3 Å². The van der Waals surface area contributed by atoms with Crippen LogP contribution in [0, 0.1) is 0 Å². The summed E-state index contributed by atoms with van der Waals surface area (Å²) in [5, 5.41) is 11.8. The standard InChI is InChI=1S/C14H11BrN2O4/c1-21-9-2-3-11(10(7-9)14(19)20)17-13(18)8-4-5-16-12(15)6-8/h2-7H,1H3,(H,17,18)(H,19,20). The zero-order valence-corrected chi connectivity index (χ0v) is 12.5. The van der Waals surface area contributed by atoms with Gasteiger partial charge in [0.1, 0.15) is 10.4 Å². The molecule has 0 bridgehead atoms. The van der Waals surface area contributed by atoms with Gasteiger partial charge in [0.25, 0.3) is 5.91 Å². The number of carboxylic acid groups (broad SMARTS) is 1. The van der Waals surface area contributed by atoms with E-state index in [1.165, 1.54) is 31.5 Å². The predicted octanol–water partition coefficient (Wildman–Crippen LogP) is 2.80. The summed E-state index contributed by atoms with van der Waals surface area (Å²) in [6.45, 7) is 0. The number of ether oxygens (including phenoxy) is 1. The molecule has 2 rings (SSSR count). The number of anilines is 1. The lowest BCUT2D eigenvalue weighted by atomic mass is 10.1. The zero-order chi connectivity index (χ0) is 15.4.